The van der Waals surface area contributed by atoms with E-state index in [1.165, 1.54) is 0 Å². The molecular weight excluding hydrogens is 341 g/mol. The number of benzene rings is 1. The molecule has 23 heavy (non-hydrogen) atoms. The highest BCUT2D eigenvalue weighted by Gasteiger charge is 2.17. The van der Waals surface area contributed by atoms with Gasteiger partial charge in [-0.25, -0.2) is 0 Å². The third-order valence-electron chi connectivity index (χ3n) is 3.28. The first-order valence-corrected chi connectivity index (χ1v) is 7.56. The molecule has 0 radical (unpaired) electrons. The topological polar surface area (TPSA) is 79.5 Å². The Hall–Kier alpha value is -1.34. The second-order valence-corrected chi connectivity index (χ2v) is 5.65. The Morgan fingerprint density at radius 2 is 2.17 bits per heavy atom. The Kier molecular flexibility index (Phi) is 8.33. The number of halogens is 2. The van der Waals surface area contributed by atoms with Crippen molar-refractivity contribution in [1.29, 1.82) is 0 Å². The molecule has 1 unspecified atom stereocenters. The molecule has 1 aliphatic heterocycles. The SMILES string of the molecule is Cc1ccc(NC(=O)CNC(=O)CC2COCCN2)c(Cl)c1.Cl. The van der Waals surface area contributed by atoms with Crippen LogP contribution in [-0.2, 0) is 14.3 Å². The molecule has 0 spiro atoms. The van der Waals surface area contributed by atoms with Crippen molar-refractivity contribution in [3.63, 3.8) is 0 Å². The van der Waals surface area contributed by atoms with Crippen LogP contribution in [-0.4, -0.2) is 44.2 Å². The molecule has 0 aliphatic carbocycles. The molecule has 1 aromatic rings. The molecule has 6 nitrogen and oxygen atoms in total. The van der Waals surface area contributed by atoms with E-state index in [1.807, 2.05) is 13.0 Å². The molecule has 1 aliphatic rings. The first kappa shape index (κ1) is 19.7. The minimum absolute atomic E-state index is 0. The first-order chi connectivity index (χ1) is 10.5. The molecule has 1 aromatic carbocycles. The fraction of sp³-hybridized carbons (Fsp3) is 0.467. The fourth-order valence-electron chi connectivity index (χ4n) is 2.14. The maximum atomic E-state index is 11.8. The van der Waals surface area contributed by atoms with Gasteiger partial charge in [0.1, 0.15) is 0 Å². The van der Waals surface area contributed by atoms with E-state index >= 15 is 0 Å². The van der Waals surface area contributed by atoms with Crippen LogP contribution < -0.4 is 16.0 Å². The fourth-order valence-corrected chi connectivity index (χ4v) is 2.42. The third-order valence-corrected chi connectivity index (χ3v) is 3.59. The molecule has 1 fully saturated rings. The van der Waals surface area contributed by atoms with E-state index in [-0.39, 0.29) is 36.8 Å². The number of carbonyl (C=O) groups is 2. The quantitative estimate of drug-likeness (QED) is 0.742. The van der Waals surface area contributed by atoms with Crippen LogP contribution in [0.25, 0.3) is 0 Å². The number of carbonyl (C=O) groups excluding carboxylic acids is 2. The Balaban J connectivity index is 0.00000264. The van der Waals surface area contributed by atoms with E-state index in [9.17, 15) is 9.59 Å². The van der Waals surface area contributed by atoms with E-state index < -0.39 is 0 Å². The highest BCUT2D eigenvalue weighted by molar-refractivity contribution is 6.33. The smallest absolute Gasteiger partial charge is 0.243 e. The van der Waals surface area contributed by atoms with Crippen LogP contribution in [0.3, 0.4) is 0 Å². The molecule has 2 amide bonds. The van der Waals surface area contributed by atoms with Gasteiger partial charge in [0.05, 0.1) is 30.5 Å². The monoisotopic (exact) mass is 361 g/mol. The average Bonchev–Trinajstić information content (AvgIpc) is 2.49. The van der Waals surface area contributed by atoms with Gasteiger partial charge in [0, 0.05) is 19.0 Å². The van der Waals surface area contributed by atoms with E-state index in [2.05, 4.69) is 16.0 Å². The van der Waals surface area contributed by atoms with Crippen LogP contribution in [0.2, 0.25) is 5.02 Å². The Morgan fingerprint density at radius 1 is 1.39 bits per heavy atom. The summed E-state index contributed by atoms with van der Waals surface area (Å²) in [7, 11) is 0. The van der Waals surface area contributed by atoms with Gasteiger partial charge in [-0.2, -0.15) is 0 Å². The molecule has 8 heteroatoms. The predicted molar refractivity (Wildman–Crippen MR) is 92.3 cm³/mol. The van der Waals surface area contributed by atoms with Crippen molar-refractivity contribution < 1.29 is 14.3 Å². The molecule has 3 N–H and O–H groups in total. The van der Waals surface area contributed by atoms with Gasteiger partial charge in [-0.15, -0.1) is 12.4 Å². The first-order valence-electron chi connectivity index (χ1n) is 7.18. The number of hydrogen-bond donors (Lipinski definition) is 3. The van der Waals surface area contributed by atoms with Gasteiger partial charge in [-0.3, -0.25) is 9.59 Å². The van der Waals surface area contributed by atoms with Crippen LogP contribution in [0.15, 0.2) is 18.2 Å². The summed E-state index contributed by atoms with van der Waals surface area (Å²) in [5.41, 5.74) is 1.55. The van der Waals surface area contributed by atoms with Crippen LogP contribution in [0.1, 0.15) is 12.0 Å². The number of ether oxygens (including phenoxy) is 1. The molecule has 128 valence electrons. The summed E-state index contributed by atoms with van der Waals surface area (Å²) in [5, 5.41) is 8.92. The van der Waals surface area contributed by atoms with Crippen LogP contribution >= 0.6 is 24.0 Å². The molecule has 2 rings (SSSR count). The van der Waals surface area contributed by atoms with Gasteiger partial charge in [-0.05, 0) is 24.6 Å². The number of morpholine rings is 1. The lowest BCUT2D eigenvalue weighted by molar-refractivity contribution is -0.125. The summed E-state index contributed by atoms with van der Waals surface area (Å²) >= 11 is 6.04. The minimum atomic E-state index is -0.313. The van der Waals surface area contributed by atoms with Gasteiger partial charge in [0.15, 0.2) is 0 Å². The lowest BCUT2D eigenvalue weighted by atomic mass is 10.2. The highest BCUT2D eigenvalue weighted by atomic mass is 35.5. The second-order valence-electron chi connectivity index (χ2n) is 5.24. The third kappa shape index (κ3) is 6.74. The van der Waals surface area contributed by atoms with Gasteiger partial charge < -0.3 is 20.7 Å². The summed E-state index contributed by atoms with van der Waals surface area (Å²) in [6.45, 7) is 3.75. The van der Waals surface area contributed by atoms with Crippen molar-refractivity contribution in [3.8, 4) is 0 Å². The number of hydrogen-bond acceptors (Lipinski definition) is 4. The summed E-state index contributed by atoms with van der Waals surface area (Å²) < 4.78 is 5.27. The average molecular weight is 362 g/mol. The lowest BCUT2D eigenvalue weighted by Crippen LogP contribution is -2.45. The summed E-state index contributed by atoms with van der Waals surface area (Å²) in [5.74, 6) is -0.500. The number of rotatable bonds is 5. The molecule has 0 saturated carbocycles. The Morgan fingerprint density at radius 3 is 2.83 bits per heavy atom. The number of aryl methyl sites for hydroxylation is 1. The maximum Gasteiger partial charge on any atom is 0.243 e. The van der Waals surface area contributed by atoms with Crippen LogP contribution in [0.5, 0.6) is 0 Å². The second kappa shape index (κ2) is 9.72. The Bertz CT molecular complexity index is 549. The number of nitrogens with one attached hydrogen (secondary N) is 3. The van der Waals surface area contributed by atoms with E-state index in [4.69, 9.17) is 16.3 Å². The number of anilines is 1. The van der Waals surface area contributed by atoms with Crippen molar-refractivity contribution >= 4 is 41.5 Å². The molecule has 0 bridgehead atoms. The maximum absolute atomic E-state index is 11.8. The zero-order valence-corrected chi connectivity index (χ0v) is 14.4. The largest absolute Gasteiger partial charge is 0.378 e. The summed E-state index contributed by atoms with van der Waals surface area (Å²) in [4.78, 5) is 23.6. The normalized spacial score (nSPS) is 17.0. The molecule has 1 atom stereocenters. The van der Waals surface area contributed by atoms with Crippen LogP contribution in [0.4, 0.5) is 5.69 Å². The van der Waals surface area contributed by atoms with E-state index in [0.29, 0.717) is 30.3 Å². The van der Waals surface area contributed by atoms with Gasteiger partial charge in [-0.1, -0.05) is 17.7 Å². The zero-order valence-electron chi connectivity index (χ0n) is 12.9. The van der Waals surface area contributed by atoms with Crippen LogP contribution in [0, 0.1) is 6.92 Å². The predicted octanol–water partition coefficient (Wildman–Crippen LogP) is 1.50. The minimum Gasteiger partial charge on any atom is -0.378 e. The molecule has 0 aromatic heterocycles. The molecular formula is C15H21Cl2N3O3. The van der Waals surface area contributed by atoms with Crippen molar-refractivity contribution in [2.75, 3.05) is 31.6 Å². The standard InChI is InChI=1S/C15H20ClN3O3.ClH/c1-10-2-3-13(12(16)6-10)19-15(21)8-18-14(20)7-11-9-22-5-4-17-11;/h2-3,6,11,17H,4-5,7-9H2,1H3,(H,18,20)(H,19,21);1H. The number of amides is 2. The Labute approximate surface area is 146 Å². The zero-order chi connectivity index (χ0) is 15.9. The van der Waals surface area contributed by atoms with Crippen molar-refractivity contribution in [1.82, 2.24) is 10.6 Å². The molecule has 1 saturated heterocycles. The van der Waals surface area contributed by atoms with Gasteiger partial charge >= 0.3 is 0 Å². The summed E-state index contributed by atoms with van der Waals surface area (Å²) in [6.07, 6.45) is 0.290. The van der Waals surface area contributed by atoms with E-state index in [0.717, 1.165) is 12.1 Å². The van der Waals surface area contributed by atoms with Gasteiger partial charge in [0.25, 0.3) is 0 Å². The van der Waals surface area contributed by atoms with Crippen molar-refractivity contribution in [3.05, 3.63) is 28.8 Å². The highest BCUT2D eigenvalue weighted by Crippen LogP contribution is 2.22. The molecule has 1 heterocycles. The van der Waals surface area contributed by atoms with Gasteiger partial charge in [0.2, 0.25) is 11.8 Å². The van der Waals surface area contributed by atoms with E-state index in [1.54, 1.807) is 12.1 Å². The van der Waals surface area contributed by atoms with Crippen molar-refractivity contribution in [2.45, 2.75) is 19.4 Å². The van der Waals surface area contributed by atoms with Crippen molar-refractivity contribution in [2.24, 2.45) is 0 Å². The lowest BCUT2D eigenvalue weighted by Gasteiger charge is -2.23. The summed E-state index contributed by atoms with van der Waals surface area (Å²) in [6, 6.07) is 5.36.